The molecule has 0 N–H and O–H groups in total. The lowest BCUT2D eigenvalue weighted by atomic mass is 9.77. The van der Waals surface area contributed by atoms with Crippen LogP contribution in [0.2, 0.25) is 0 Å². The van der Waals surface area contributed by atoms with Crippen molar-refractivity contribution in [1.82, 2.24) is 0 Å². The average molecular weight is 389 g/mol. The van der Waals surface area contributed by atoms with Gasteiger partial charge in [0.25, 0.3) is 0 Å². The molecule has 0 aromatic carbocycles. The maximum absolute atomic E-state index is 6.25. The number of hydrogen-bond donors (Lipinski definition) is 0. The maximum atomic E-state index is 6.25. The third-order valence-electron chi connectivity index (χ3n) is 6.13. The van der Waals surface area contributed by atoms with Gasteiger partial charge in [0.1, 0.15) is 11.5 Å². The molecule has 0 fully saturated rings. The van der Waals surface area contributed by atoms with Gasteiger partial charge in [0.2, 0.25) is 0 Å². The molecule has 2 aromatic rings. The molecule has 0 saturated heterocycles. The van der Waals surface area contributed by atoms with Crippen LogP contribution in [0, 0.1) is 5.92 Å². The summed E-state index contributed by atoms with van der Waals surface area (Å²) in [5.41, 5.74) is 0.302. The molecule has 0 aliphatic carbocycles. The van der Waals surface area contributed by atoms with E-state index in [4.69, 9.17) is 4.42 Å². The molecule has 0 aliphatic rings. The van der Waals surface area contributed by atoms with Gasteiger partial charge in [-0.25, -0.2) is 0 Å². The molecule has 27 heavy (non-hydrogen) atoms. The van der Waals surface area contributed by atoms with E-state index in [0.717, 1.165) is 24.4 Å². The Labute approximate surface area is 171 Å². The summed E-state index contributed by atoms with van der Waals surface area (Å²) >= 11 is 2.01. The van der Waals surface area contributed by atoms with Crippen LogP contribution in [0.15, 0.2) is 28.7 Å². The Morgan fingerprint density at radius 2 is 1.33 bits per heavy atom. The molecule has 2 aromatic heterocycles. The number of hydrogen-bond acceptors (Lipinski definition) is 2. The Morgan fingerprint density at radius 1 is 0.778 bits per heavy atom. The minimum atomic E-state index is 0.0477. The Hall–Kier alpha value is -1.02. The maximum Gasteiger partial charge on any atom is 0.109 e. The van der Waals surface area contributed by atoms with Crippen molar-refractivity contribution >= 4 is 11.3 Å². The van der Waals surface area contributed by atoms with Crippen molar-refractivity contribution in [3.05, 3.63) is 45.5 Å². The van der Waals surface area contributed by atoms with Crippen LogP contribution < -0.4 is 0 Å². The summed E-state index contributed by atoms with van der Waals surface area (Å²) in [6.45, 7) is 23.0. The van der Waals surface area contributed by atoms with Crippen molar-refractivity contribution in [2.24, 2.45) is 5.92 Å². The van der Waals surface area contributed by atoms with Gasteiger partial charge in [-0.2, -0.15) is 0 Å². The first-order chi connectivity index (χ1) is 12.2. The first kappa shape index (κ1) is 22.3. The fourth-order valence-corrected chi connectivity index (χ4v) is 4.63. The smallest absolute Gasteiger partial charge is 0.109 e. The Balaban J connectivity index is 2.10. The SMILES string of the molecule is CC(C)C(C)c1ccc(C(C)(C)CCC(C)(C)c2ccc(C(C)(C)C)o2)s1. The molecule has 1 nitrogen and oxygen atoms in total. The second kappa shape index (κ2) is 7.78. The van der Waals surface area contributed by atoms with Crippen LogP contribution in [0.4, 0.5) is 0 Å². The number of rotatable bonds is 7. The van der Waals surface area contributed by atoms with Crippen LogP contribution in [0.5, 0.6) is 0 Å². The molecule has 0 spiro atoms. The van der Waals surface area contributed by atoms with Crippen molar-refractivity contribution in [1.29, 1.82) is 0 Å². The zero-order chi connectivity index (χ0) is 20.6. The highest BCUT2D eigenvalue weighted by atomic mass is 32.1. The largest absolute Gasteiger partial charge is 0.465 e. The average Bonchev–Trinajstić information content (AvgIpc) is 3.21. The zero-order valence-corrected chi connectivity index (χ0v) is 20.0. The predicted molar refractivity (Wildman–Crippen MR) is 120 cm³/mol. The number of thiophene rings is 1. The first-order valence-electron chi connectivity index (χ1n) is 10.4. The highest BCUT2D eigenvalue weighted by Gasteiger charge is 2.31. The standard InChI is InChI=1S/C25H40OS/c1-17(2)18(3)19-11-14-22(27-19)25(9,10)16-15-24(7,8)21-13-12-20(26-21)23(4,5)6/h11-14,17-18H,15-16H2,1-10H3. The summed E-state index contributed by atoms with van der Waals surface area (Å²) in [4.78, 5) is 3.03. The quantitative estimate of drug-likeness (QED) is 0.464. The molecule has 1 unspecified atom stereocenters. The highest BCUT2D eigenvalue weighted by molar-refractivity contribution is 7.12. The molecule has 2 heterocycles. The van der Waals surface area contributed by atoms with E-state index in [1.807, 2.05) is 11.3 Å². The van der Waals surface area contributed by atoms with E-state index in [-0.39, 0.29) is 16.2 Å². The molecule has 0 radical (unpaired) electrons. The highest BCUT2D eigenvalue weighted by Crippen LogP contribution is 2.41. The van der Waals surface area contributed by atoms with Crippen molar-refractivity contribution in [2.45, 2.75) is 104 Å². The topological polar surface area (TPSA) is 13.1 Å². The third-order valence-corrected chi connectivity index (χ3v) is 7.78. The first-order valence-corrected chi connectivity index (χ1v) is 11.3. The molecule has 0 aliphatic heterocycles. The van der Waals surface area contributed by atoms with Crippen LogP contribution in [-0.4, -0.2) is 0 Å². The van der Waals surface area contributed by atoms with E-state index < -0.39 is 0 Å². The Kier molecular flexibility index (Phi) is 6.41. The number of furan rings is 1. The van der Waals surface area contributed by atoms with Crippen molar-refractivity contribution in [2.75, 3.05) is 0 Å². The molecule has 0 saturated carbocycles. The van der Waals surface area contributed by atoms with Crippen LogP contribution >= 0.6 is 11.3 Å². The van der Waals surface area contributed by atoms with Crippen LogP contribution in [0.1, 0.15) is 109 Å². The summed E-state index contributed by atoms with van der Waals surface area (Å²) in [6.07, 6.45) is 2.27. The van der Waals surface area contributed by atoms with Gasteiger partial charge in [0.05, 0.1) is 0 Å². The summed E-state index contributed by atoms with van der Waals surface area (Å²) in [5, 5.41) is 0. The third kappa shape index (κ3) is 5.28. The Morgan fingerprint density at radius 3 is 1.85 bits per heavy atom. The molecule has 2 heteroatoms. The van der Waals surface area contributed by atoms with Crippen molar-refractivity contribution < 1.29 is 4.42 Å². The second-order valence-corrected chi connectivity index (χ2v) is 12.0. The lowest BCUT2D eigenvalue weighted by molar-refractivity contribution is 0.298. The lowest BCUT2D eigenvalue weighted by Crippen LogP contribution is -2.23. The predicted octanol–water partition coefficient (Wildman–Crippen LogP) is 8.43. The van der Waals surface area contributed by atoms with Crippen molar-refractivity contribution in [3.63, 3.8) is 0 Å². The fourth-order valence-electron chi connectivity index (χ4n) is 3.27. The van der Waals surface area contributed by atoms with Crippen molar-refractivity contribution in [3.8, 4) is 0 Å². The molecule has 0 bridgehead atoms. The van der Waals surface area contributed by atoms with Gasteiger partial charge in [0.15, 0.2) is 0 Å². The lowest BCUT2D eigenvalue weighted by Gasteiger charge is -2.30. The summed E-state index contributed by atoms with van der Waals surface area (Å²) < 4.78 is 6.25. The van der Waals surface area contributed by atoms with Gasteiger partial charge in [-0.3, -0.25) is 0 Å². The van der Waals surface area contributed by atoms with E-state index in [9.17, 15) is 0 Å². The second-order valence-electron chi connectivity index (χ2n) is 10.9. The fraction of sp³-hybridized carbons (Fsp3) is 0.680. The monoisotopic (exact) mass is 388 g/mol. The molecular formula is C25H40OS. The van der Waals surface area contributed by atoms with E-state index in [2.05, 4.69) is 93.5 Å². The van der Waals surface area contributed by atoms with Crippen LogP contribution in [0.25, 0.3) is 0 Å². The van der Waals surface area contributed by atoms with Gasteiger partial charge in [-0.05, 0) is 54.4 Å². The van der Waals surface area contributed by atoms with Gasteiger partial charge in [0, 0.05) is 20.6 Å². The van der Waals surface area contributed by atoms with Gasteiger partial charge in [-0.1, -0.05) is 69.2 Å². The van der Waals surface area contributed by atoms with E-state index in [0.29, 0.717) is 11.8 Å². The molecule has 0 amide bonds. The van der Waals surface area contributed by atoms with E-state index in [1.165, 1.54) is 9.75 Å². The Bertz CT molecular complexity index is 736. The summed E-state index contributed by atoms with van der Waals surface area (Å²) in [5.74, 6) is 3.52. The minimum absolute atomic E-state index is 0.0477. The van der Waals surface area contributed by atoms with E-state index >= 15 is 0 Å². The van der Waals surface area contributed by atoms with Crippen LogP contribution in [0.3, 0.4) is 0 Å². The molecule has 152 valence electrons. The molecule has 1 atom stereocenters. The van der Waals surface area contributed by atoms with Gasteiger partial charge in [-0.15, -0.1) is 11.3 Å². The van der Waals surface area contributed by atoms with E-state index in [1.54, 1.807) is 0 Å². The van der Waals surface area contributed by atoms with Crippen LogP contribution in [-0.2, 0) is 16.2 Å². The molecular weight excluding hydrogens is 348 g/mol. The zero-order valence-electron chi connectivity index (χ0n) is 19.2. The van der Waals surface area contributed by atoms with Gasteiger partial charge < -0.3 is 4.42 Å². The summed E-state index contributed by atoms with van der Waals surface area (Å²) in [6, 6.07) is 9.04. The normalized spacial score (nSPS) is 14.8. The summed E-state index contributed by atoms with van der Waals surface area (Å²) in [7, 11) is 0. The minimum Gasteiger partial charge on any atom is -0.465 e. The van der Waals surface area contributed by atoms with Gasteiger partial charge >= 0.3 is 0 Å². The molecule has 2 rings (SSSR count).